The van der Waals surface area contributed by atoms with Crippen molar-refractivity contribution in [3.05, 3.63) is 0 Å². The first-order valence-corrected chi connectivity index (χ1v) is 3.10. The molecule has 8 heteroatoms. The minimum Gasteiger partial charge on any atom is -0.302 e. The molecule has 80 valence electrons. The van der Waals surface area contributed by atoms with Gasteiger partial charge in [-0.25, -0.2) is 8.78 Å². The van der Waals surface area contributed by atoms with Crippen LogP contribution in [0.2, 0.25) is 0 Å². The smallest absolute Gasteiger partial charge is 0.302 e. The summed E-state index contributed by atoms with van der Waals surface area (Å²) in [6.45, 7) is 0. The number of Topliss-reactive ketones (excluding diaryl/α,β-unsaturated/α-hetero) is 2. The number of hydrogen-bond donors (Lipinski definition) is 0. The van der Waals surface area contributed by atoms with Gasteiger partial charge in [0.05, 0.1) is 0 Å². The summed E-state index contributed by atoms with van der Waals surface area (Å²) in [6.07, 6.45) is -10.0. The van der Waals surface area contributed by atoms with Crippen LogP contribution in [-0.4, -0.2) is 30.5 Å². The van der Waals surface area contributed by atoms with Gasteiger partial charge in [-0.3, -0.25) is 9.59 Å². The molecular weight excluding hydrogens is 215 g/mol. The highest BCUT2D eigenvalue weighted by Gasteiger charge is 2.47. The Morgan fingerprint density at radius 1 is 1.14 bits per heavy atom. The van der Waals surface area contributed by atoms with E-state index in [9.17, 15) is 36.3 Å². The minimum absolute atomic E-state index is 0.746. The van der Waals surface area contributed by atoms with Crippen LogP contribution in [0.15, 0.2) is 0 Å². The maximum absolute atomic E-state index is 11.6. The van der Waals surface area contributed by atoms with E-state index in [4.69, 9.17) is 0 Å². The van der Waals surface area contributed by atoms with Gasteiger partial charge in [-0.05, 0) is 0 Å². The number of carbonyl (C=O) groups is 3. The molecule has 0 rings (SSSR count). The number of ketones is 2. The van der Waals surface area contributed by atoms with Crippen molar-refractivity contribution >= 4 is 17.9 Å². The lowest BCUT2D eigenvalue weighted by atomic mass is 10.0. The third kappa shape index (κ3) is 2.86. The van der Waals surface area contributed by atoms with E-state index in [-0.39, 0.29) is 0 Å². The third-order valence-corrected chi connectivity index (χ3v) is 1.22. The van der Waals surface area contributed by atoms with Gasteiger partial charge in [0, 0.05) is 0 Å². The molecule has 0 bridgehead atoms. The Bertz CT molecular complexity index is 257. The van der Waals surface area contributed by atoms with E-state index >= 15 is 0 Å². The first-order valence-electron chi connectivity index (χ1n) is 3.10. The lowest BCUT2D eigenvalue weighted by molar-refractivity contribution is -0.177. The van der Waals surface area contributed by atoms with Crippen molar-refractivity contribution in [2.24, 2.45) is 5.92 Å². The zero-order valence-corrected chi connectivity index (χ0v) is 6.35. The van der Waals surface area contributed by atoms with Gasteiger partial charge in [-0.1, -0.05) is 0 Å². The molecule has 0 spiro atoms. The topological polar surface area (TPSA) is 51.2 Å². The van der Waals surface area contributed by atoms with Crippen LogP contribution in [0, 0.1) is 5.92 Å². The van der Waals surface area contributed by atoms with Gasteiger partial charge in [-0.15, -0.1) is 0 Å². The van der Waals surface area contributed by atoms with Gasteiger partial charge in [0.1, 0.15) is 12.2 Å². The number of hydrogen-bond acceptors (Lipinski definition) is 3. The highest BCUT2D eigenvalue weighted by molar-refractivity contribution is 6.16. The molecule has 0 N–H and O–H groups in total. The lowest BCUT2D eigenvalue weighted by Gasteiger charge is -2.09. The Morgan fingerprint density at radius 3 is 1.79 bits per heavy atom. The summed E-state index contributed by atoms with van der Waals surface area (Å²) < 4.78 is 58.0. The Kier molecular flexibility index (Phi) is 3.84. The molecule has 0 aliphatic rings. The van der Waals surface area contributed by atoms with Crippen LogP contribution in [0.3, 0.4) is 0 Å². The van der Waals surface area contributed by atoms with Crippen molar-refractivity contribution in [3.8, 4) is 0 Å². The predicted octanol–water partition coefficient (Wildman–Crippen LogP) is 0.767. The number of rotatable bonds is 4. The second-order valence-corrected chi connectivity index (χ2v) is 2.18. The van der Waals surface area contributed by atoms with E-state index in [2.05, 4.69) is 0 Å². The summed E-state index contributed by atoms with van der Waals surface area (Å²) in [5, 5.41) is 0. The first-order chi connectivity index (χ1) is 6.21. The molecular formula is C6H3F5O3. The van der Waals surface area contributed by atoms with Crippen molar-refractivity contribution in [2.75, 3.05) is 0 Å². The normalized spacial score (nSPS) is 13.9. The summed E-state index contributed by atoms with van der Waals surface area (Å²) in [5.41, 5.74) is 0. The van der Waals surface area contributed by atoms with E-state index in [1.54, 1.807) is 0 Å². The van der Waals surface area contributed by atoms with Crippen LogP contribution in [0.4, 0.5) is 22.0 Å². The molecule has 0 radical (unpaired) electrons. The van der Waals surface area contributed by atoms with E-state index in [0.29, 0.717) is 0 Å². The van der Waals surface area contributed by atoms with Gasteiger partial charge < -0.3 is 4.79 Å². The van der Waals surface area contributed by atoms with Crippen molar-refractivity contribution in [1.82, 2.24) is 0 Å². The number of carbonyl (C=O) groups excluding carboxylic acids is 3. The average molecular weight is 218 g/mol. The molecule has 14 heavy (non-hydrogen) atoms. The van der Waals surface area contributed by atoms with Crippen molar-refractivity contribution < 1.29 is 36.3 Å². The van der Waals surface area contributed by atoms with Crippen LogP contribution in [0.5, 0.6) is 0 Å². The fourth-order valence-corrected chi connectivity index (χ4v) is 0.570. The van der Waals surface area contributed by atoms with Gasteiger partial charge in [0.25, 0.3) is 12.2 Å². The van der Waals surface area contributed by atoms with Crippen LogP contribution >= 0.6 is 0 Å². The van der Waals surface area contributed by atoms with Crippen LogP contribution < -0.4 is 0 Å². The first kappa shape index (κ1) is 12.7. The fraction of sp³-hybridized carbons (Fsp3) is 0.500. The van der Waals surface area contributed by atoms with Gasteiger partial charge in [0.15, 0.2) is 0 Å². The second-order valence-electron chi connectivity index (χ2n) is 2.18. The quantitative estimate of drug-likeness (QED) is 0.397. The van der Waals surface area contributed by atoms with E-state index in [0.717, 1.165) is 0 Å². The van der Waals surface area contributed by atoms with Crippen molar-refractivity contribution in [1.29, 1.82) is 0 Å². The highest BCUT2D eigenvalue weighted by Crippen LogP contribution is 2.21. The summed E-state index contributed by atoms with van der Waals surface area (Å²) in [6, 6.07) is 0. The number of alkyl halides is 5. The minimum atomic E-state index is -5.48. The second kappa shape index (κ2) is 4.25. The fourth-order valence-electron chi connectivity index (χ4n) is 0.570. The Hall–Kier alpha value is -1.34. The van der Waals surface area contributed by atoms with E-state index in [1.165, 1.54) is 0 Å². The predicted molar refractivity (Wildman–Crippen MR) is 31.6 cm³/mol. The Labute approximate surface area is 73.9 Å². The Morgan fingerprint density at radius 2 is 1.57 bits per heavy atom. The van der Waals surface area contributed by atoms with Crippen LogP contribution in [0.1, 0.15) is 0 Å². The van der Waals surface area contributed by atoms with E-state index < -0.39 is 36.4 Å². The molecule has 0 saturated carbocycles. The summed E-state index contributed by atoms with van der Waals surface area (Å²) in [7, 11) is 0. The largest absolute Gasteiger partial charge is 0.451 e. The summed E-state index contributed by atoms with van der Waals surface area (Å²) in [4.78, 5) is 30.4. The molecule has 3 nitrogen and oxygen atoms in total. The molecule has 0 aliphatic heterocycles. The maximum Gasteiger partial charge on any atom is 0.451 e. The molecule has 0 aliphatic carbocycles. The average Bonchev–Trinajstić information content (AvgIpc) is 2.03. The molecule has 0 heterocycles. The standard InChI is InChI=1S/C6H3F5O3/c7-5(8)3(13)2(1-12)4(14)6(9,10)11/h1-2,5H. The van der Waals surface area contributed by atoms with Crippen LogP contribution in [-0.2, 0) is 14.4 Å². The van der Waals surface area contributed by atoms with Gasteiger partial charge >= 0.3 is 6.18 Å². The monoisotopic (exact) mass is 218 g/mol. The van der Waals surface area contributed by atoms with Crippen molar-refractivity contribution in [2.45, 2.75) is 12.6 Å². The summed E-state index contributed by atoms with van der Waals surface area (Å²) in [5.74, 6) is -8.09. The molecule has 0 amide bonds. The molecule has 0 aromatic heterocycles. The van der Waals surface area contributed by atoms with Crippen LogP contribution in [0.25, 0.3) is 0 Å². The van der Waals surface area contributed by atoms with E-state index in [1.807, 2.05) is 0 Å². The number of halogens is 5. The molecule has 0 aromatic carbocycles. The highest BCUT2D eigenvalue weighted by atomic mass is 19.4. The van der Waals surface area contributed by atoms with Crippen molar-refractivity contribution in [3.63, 3.8) is 0 Å². The lowest BCUT2D eigenvalue weighted by Crippen LogP contribution is -2.38. The molecule has 1 unspecified atom stereocenters. The Balaban J connectivity index is 4.84. The SMILES string of the molecule is O=CC(C(=O)C(F)F)C(=O)C(F)(F)F. The zero-order valence-electron chi connectivity index (χ0n) is 6.35. The number of aldehydes is 1. The molecule has 0 saturated heterocycles. The van der Waals surface area contributed by atoms with Gasteiger partial charge in [0.2, 0.25) is 5.78 Å². The van der Waals surface area contributed by atoms with Gasteiger partial charge in [-0.2, -0.15) is 13.2 Å². The summed E-state index contributed by atoms with van der Waals surface area (Å²) >= 11 is 0. The maximum atomic E-state index is 11.6. The zero-order chi connectivity index (χ0) is 11.5. The molecule has 1 atom stereocenters. The molecule has 0 fully saturated rings. The third-order valence-electron chi connectivity index (χ3n) is 1.22. The molecule has 0 aromatic rings.